The van der Waals surface area contributed by atoms with Crippen molar-refractivity contribution in [2.24, 2.45) is 5.73 Å². The van der Waals surface area contributed by atoms with Crippen LogP contribution in [0.4, 0.5) is 33.6 Å². The molecule has 4 aromatic heterocycles. The number of ether oxygens (including phenoxy) is 3. The van der Waals surface area contributed by atoms with Crippen LogP contribution in [0.2, 0.25) is 15.2 Å². The van der Waals surface area contributed by atoms with Gasteiger partial charge in [-0.05, 0) is 82.9 Å². The number of aromatic nitrogens is 6. The molecule has 90 heavy (non-hydrogen) atoms. The average molecular weight is 1340 g/mol. The Kier molecular flexibility index (Phi) is 21.1. The zero-order valence-corrected chi connectivity index (χ0v) is 55.1. The summed E-state index contributed by atoms with van der Waals surface area (Å²) < 4.78 is 72.7. The predicted octanol–water partition coefficient (Wildman–Crippen LogP) is 6.98. The van der Waals surface area contributed by atoms with Crippen LogP contribution in [0.25, 0.3) is 11.3 Å². The first kappa shape index (κ1) is 66.4. The van der Waals surface area contributed by atoms with E-state index in [1.54, 1.807) is 32.5 Å². The third kappa shape index (κ3) is 17.0. The fraction of sp³-hybridized carbons (Fsp3) is 0.542. The fourth-order valence-corrected chi connectivity index (χ4v) is 13.3. The van der Waals surface area contributed by atoms with Crippen LogP contribution in [0.15, 0.2) is 60.7 Å². The third-order valence-electron chi connectivity index (χ3n) is 15.9. The molecule has 0 spiro atoms. The van der Waals surface area contributed by atoms with E-state index in [1.165, 1.54) is 24.3 Å². The van der Waals surface area contributed by atoms with Gasteiger partial charge in [0, 0.05) is 106 Å². The van der Waals surface area contributed by atoms with E-state index < -0.39 is 25.6 Å². The Labute approximate surface area is 539 Å². The van der Waals surface area contributed by atoms with E-state index in [0.717, 1.165) is 120 Å². The molecule has 12 rings (SSSR count). The van der Waals surface area contributed by atoms with E-state index in [-0.39, 0.29) is 64.6 Å². The number of alkyl carbamates (subject to hydrolysis) is 1. The Balaban J connectivity index is 0.000000168. The molecule has 0 radical (unpaired) electrons. The van der Waals surface area contributed by atoms with Crippen molar-refractivity contribution in [1.82, 2.24) is 49.6 Å². The van der Waals surface area contributed by atoms with E-state index in [1.807, 2.05) is 37.4 Å². The molecule has 2 aromatic carbocycles. The van der Waals surface area contributed by atoms with Crippen LogP contribution < -0.4 is 40.5 Å². The topological polar surface area (TPSA) is 298 Å². The Hall–Kier alpha value is -6.50. The van der Waals surface area contributed by atoms with Crippen LogP contribution in [-0.4, -0.2) is 196 Å². The highest BCUT2D eigenvalue weighted by molar-refractivity contribution is 7.92. The summed E-state index contributed by atoms with van der Waals surface area (Å²) in [4.78, 5) is 58.7. The molecule has 31 heteroatoms. The van der Waals surface area contributed by atoms with Crippen molar-refractivity contribution in [2.45, 2.75) is 102 Å². The first-order chi connectivity index (χ1) is 42.8. The number of likely N-dealkylation sites (tertiary alicyclic amines) is 2. The molecule has 2 unspecified atom stereocenters. The van der Waals surface area contributed by atoms with Crippen LogP contribution in [0.5, 0.6) is 0 Å². The number of fused-ring (bicyclic) bond motifs is 2. The van der Waals surface area contributed by atoms with Crippen molar-refractivity contribution >= 4 is 113 Å². The number of halogens is 3. The van der Waals surface area contributed by atoms with Crippen molar-refractivity contribution in [2.75, 3.05) is 129 Å². The molecule has 0 saturated carbocycles. The fourth-order valence-electron chi connectivity index (χ4n) is 11.6. The average Bonchev–Trinajstić information content (AvgIpc) is 1.61. The van der Waals surface area contributed by atoms with Gasteiger partial charge < -0.3 is 55.1 Å². The van der Waals surface area contributed by atoms with Gasteiger partial charge in [-0.15, -0.1) is 0 Å². The highest BCUT2D eigenvalue weighted by atomic mass is 35.5. The molecular formula is C59H79Cl3N16O10S2. The van der Waals surface area contributed by atoms with E-state index in [4.69, 9.17) is 69.9 Å². The minimum absolute atomic E-state index is 0.138. The first-order valence-electron chi connectivity index (χ1n) is 30.3. The molecule has 6 aromatic rings. The maximum atomic E-state index is 14.1. The number of nitrogens with one attached hydrogen (secondary N) is 4. The molecule has 488 valence electrons. The molecule has 26 nitrogen and oxygen atoms in total. The lowest BCUT2D eigenvalue weighted by molar-refractivity contribution is 0.0487. The third-order valence-corrected chi connectivity index (χ3v) is 17.8. The molecule has 3 amide bonds. The maximum absolute atomic E-state index is 14.1. The molecule has 0 bridgehead atoms. The number of hydrogen-bond acceptors (Lipinski definition) is 19. The number of nitrogens with zero attached hydrogens (tertiary/aromatic N) is 11. The van der Waals surface area contributed by atoms with E-state index in [0.29, 0.717) is 91.2 Å². The van der Waals surface area contributed by atoms with Gasteiger partial charge in [-0.2, -0.15) is 19.2 Å². The smallest absolute Gasteiger partial charge is 0.407 e. The number of carbonyl (C=O) groups excluding carboxylic acids is 3. The summed E-state index contributed by atoms with van der Waals surface area (Å²) in [5.41, 5.74) is 9.23. The first-order valence-corrected chi connectivity index (χ1v) is 35.2. The van der Waals surface area contributed by atoms with Crippen molar-refractivity contribution < 1.29 is 45.4 Å². The van der Waals surface area contributed by atoms with Crippen molar-refractivity contribution in [1.29, 1.82) is 0 Å². The highest BCUT2D eigenvalue weighted by Gasteiger charge is 2.35. The summed E-state index contributed by atoms with van der Waals surface area (Å²) in [6, 6.07) is 16.6. The number of rotatable bonds is 12. The summed E-state index contributed by atoms with van der Waals surface area (Å²) in [5, 5.41) is 16.8. The van der Waals surface area contributed by atoms with Crippen molar-refractivity contribution in [3.05, 3.63) is 98.4 Å². The molecule has 6 fully saturated rings. The SMILES string of the molecule is CC(C)(C)OC(=O)NC1CNC1.CS(=O)(=O)Nc1ccc(Cl)cc1C(=O)N1CCCCCC1c1cc2nc(Cl)cc(N3CCOCC3)n2n1.CS(=O)(=O)Nc1ccc(Cl)cc1C(=O)N1CCCCCC1c1cc2nc(N3CC(N)C3)cc(N3CCOCC3)n2n1. The number of nitrogens with two attached hydrogens (primary N) is 1. The zero-order valence-electron chi connectivity index (χ0n) is 51.2. The minimum Gasteiger partial charge on any atom is -0.444 e. The van der Waals surface area contributed by atoms with E-state index >= 15 is 0 Å². The minimum atomic E-state index is -3.61. The molecule has 6 aliphatic rings. The Morgan fingerprint density at radius 1 is 0.622 bits per heavy atom. The van der Waals surface area contributed by atoms with Crippen LogP contribution in [0, 0.1) is 0 Å². The van der Waals surface area contributed by atoms with Gasteiger partial charge in [-0.1, -0.05) is 60.5 Å². The number of sulfonamides is 2. The largest absolute Gasteiger partial charge is 0.444 e. The Morgan fingerprint density at radius 2 is 1.09 bits per heavy atom. The number of benzene rings is 2. The van der Waals surface area contributed by atoms with Gasteiger partial charge in [0.05, 0.1) is 91.0 Å². The van der Waals surface area contributed by atoms with Crippen molar-refractivity contribution in [3.63, 3.8) is 0 Å². The summed E-state index contributed by atoms with van der Waals surface area (Å²) in [6.07, 6.45) is 8.70. The van der Waals surface area contributed by atoms with E-state index in [2.05, 4.69) is 45.8 Å². The molecule has 6 saturated heterocycles. The second kappa shape index (κ2) is 28.6. The van der Waals surface area contributed by atoms with E-state index in [9.17, 15) is 31.2 Å². The molecular weight excluding hydrogens is 1260 g/mol. The Bertz CT molecular complexity index is 3790. The van der Waals surface area contributed by atoms with Gasteiger partial charge >= 0.3 is 6.09 Å². The summed E-state index contributed by atoms with van der Waals surface area (Å²) >= 11 is 18.9. The number of carbonyl (C=O) groups is 3. The molecule has 0 aliphatic carbocycles. The van der Waals surface area contributed by atoms with Gasteiger partial charge in [0.15, 0.2) is 11.3 Å². The number of amides is 3. The molecule has 6 N–H and O–H groups in total. The van der Waals surface area contributed by atoms with Crippen molar-refractivity contribution in [3.8, 4) is 0 Å². The lowest BCUT2D eigenvalue weighted by atomic mass is 10.0. The van der Waals surface area contributed by atoms with Gasteiger partial charge in [-0.3, -0.25) is 19.0 Å². The predicted molar refractivity (Wildman–Crippen MR) is 348 cm³/mol. The highest BCUT2D eigenvalue weighted by Crippen LogP contribution is 2.37. The second-order valence-electron chi connectivity index (χ2n) is 24.3. The number of hydrogen-bond donors (Lipinski definition) is 5. The Morgan fingerprint density at radius 3 is 1.52 bits per heavy atom. The molecule has 2 atom stereocenters. The number of morpholine rings is 2. The quantitative estimate of drug-likeness (QED) is 0.0772. The van der Waals surface area contributed by atoms with Gasteiger partial charge in [-0.25, -0.2) is 31.6 Å². The van der Waals surface area contributed by atoms with Gasteiger partial charge in [0.25, 0.3) is 11.8 Å². The van der Waals surface area contributed by atoms with Gasteiger partial charge in [0.1, 0.15) is 28.2 Å². The summed E-state index contributed by atoms with van der Waals surface area (Å²) in [7, 11) is -7.21. The summed E-state index contributed by atoms with van der Waals surface area (Å²) in [5.74, 6) is 2.01. The standard InChI is InChI=1S/C27H35ClN8O4S.C24H28Cl2N6O4S.C8H16N2O2/c1-41(38,39)32-21-7-6-18(28)13-20(21)27(37)35-8-4-2-3-5-23(35)22-14-25-30-24(34-16-19(29)17-34)15-26(36(25)31-22)33-9-11-40-12-10-33;1-37(34,35)29-18-7-6-16(25)13-17(18)24(33)31-8-4-2-3-5-20(31)19-14-22-27-21(26)15-23(32(22)28-19)30-9-11-36-12-10-30;1-8(2,3)12-7(11)10-6-4-9-5-6/h6-7,13-15,19,23,32H,2-5,8-12,16-17,29H2,1H3;6-7,13-15,20,29H,2-5,8-12H2,1H3;6,9H,4-5H2,1-3H3,(H,10,11). The van der Waals surface area contributed by atoms with Crippen LogP contribution in [-0.2, 0) is 34.3 Å². The number of anilines is 5. The second-order valence-corrected chi connectivity index (χ2v) is 29.1. The molecule has 6 aliphatic heterocycles. The monoisotopic (exact) mass is 1340 g/mol. The van der Waals surface area contributed by atoms with Crippen LogP contribution in [0.3, 0.4) is 0 Å². The van der Waals surface area contributed by atoms with Gasteiger partial charge in [0.2, 0.25) is 20.0 Å². The van der Waals surface area contributed by atoms with Crippen LogP contribution in [0.1, 0.15) is 116 Å². The summed E-state index contributed by atoms with van der Waals surface area (Å²) in [6.45, 7) is 15.2. The zero-order chi connectivity index (χ0) is 64.1. The maximum Gasteiger partial charge on any atom is 0.407 e. The lowest BCUT2D eigenvalue weighted by Crippen LogP contribution is -2.57. The van der Waals surface area contributed by atoms with Crippen LogP contribution >= 0.6 is 34.8 Å². The normalized spacial score (nSPS) is 19.7. The molecule has 10 heterocycles. The lowest BCUT2D eigenvalue weighted by Gasteiger charge is -2.38.